The van der Waals surface area contributed by atoms with Gasteiger partial charge in [-0.1, -0.05) is 23.7 Å². The van der Waals surface area contributed by atoms with Crippen molar-refractivity contribution in [2.45, 2.75) is 23.8 Å². The molecule has 10 heteroatoms. The number of nitrogens with two attached hydrogens (primary N) is 1. The van der Waals surface area contributed by atoms with E-state index in [0.717, 1.165) is 24.2 Å². The normalized spacial score (nSPS) is 19.5. The van der Waals surface area contributed by atoms with Gasteiger partial charge in [-0.3, -0.25) is 9.69 Å². The summed E-state index contributed by atoms with van der Waals surface area (Å²) in [4.78, 5) is 20.9. The summed E-state index contributed by atoms with van der Waals surface area (Å²) >= 11 is 5.96. The molecule has 0 saturated carbocycles. The number of amides is 1. The van der Waals surface area contributed by atoms with Crippen molar-refractivity contribution in [3.05, 3.63) is 53.2 Å². The van der Waals surface area contributed by atoms with E-state index < -0.39 is 22.0 Å². The number of hydrogen-bond acceptors (Lipinski definition) is 6. The summed E-state index contributed by atoms with van der Waals surface area (Å²) < 4.78 is 26.9. The Bertz CT molecular complexity index is 1020. The highest BCUT2D eigenvalue weighted by atomic mass is 35.5. The lowest BCUT2D eigenvalue weighted by molar-refractivity contribution is -0.123. The first-order chi connectivity index (χ1) is 14.9. The van der Waals surface area contributed by atoms with Gasteiger partial charge in [0, 0.05) is 50.5 Å². The Balaban J connectivity index is 1.42. The summed E-state index contributed by atoms with van der Waals surface area (Å²) in [6.07, 6.45) is 3.24. The lowest BCUT2D eigenvalue weighted by Gasteiger charge is -2.38. The molecule has 0 unspecified atom stereocenters. The maximum atomic E-state index is 12.7. The number of carbonyl (C=O) groups excluding carboxylic acids is 1. The number of sulfonamides is 1. The minimum atomic E-state index is -3.47. The van der Waals surface area contributed by atoms with E-state index >= 15 is 0 Å². The number of rotatable bonds is 6. The molecule has 1 aromatic carbocycles. The van der Waals surface area contributed by atoms with Crippen LogP contribution in [0.25, 0.3) is 0 Å². The van der Waals surface area contributed by atoms with Crippen LogP contribution in [0.4, 0.5) is 5.82 Å². The van der Waals surface area contributed by atoms with Gasteiger partial charge < -0.3 is 10.6 Å². The first-order valence-corrected chi connectivity index (χ1v) is 12.2. The minimum absolute atomic E-state index is 0.230. The molecule has 2 fully saturated rings. The number of benzene rings is 1. The molecule has 2 aliphatic heterocycles. The summed E-state index contributed by atoms with van der Waals surface area (Å²) in [7, 11) is -3.47. The highest BCUT2D eigenvalue weighted by Gasteiger charge is 2.30. The fourth-order valence-corrected chi connectivity index (χ4v) is 5.79. The second-order valence-corrected chi connectivity index (χ2v) is 10.2. The van der Waals surface area contributed by atoms with E-state index in [2.05, 4.69) is 9.88 Å². The van der Waals surface area contributed by atoms with Crippen molar-refractivity contribution in [1.82, 2.24) is 14.2 Å². The van der Waals surface area contributed by atoms with Crippen LogP contribution < -0.4 is 10.6 Å². The van der Waals surface area contributed by atoms with Gasteiger partial charge in [0.2, 0.25) is 15.9 Å². The third kappa shape index (κ3) is 4.69. The Labute approximate surface area is 187 Å². The van der Waals surface area contributed by atoms with E-state index in [0.29, 0.717) is 44.3 Å². The molecular weight excluding hydrogens is 438 g/mol. The predicted octanol–water partition coefficient (Wildman–Crippen LogP) is 1.87. The van der Waals surface area contributed by atoms with Gasteiger partial charge in [0.15, 0.2) is 0 Å². The number of anilines is 1. The van der Waals surface area contributed by atoms with E-state index in [4.69, 9.17) is 17.3 Å². The first kappa shape index (κ1) is 22.0. The summed E-state index contributed by atoms with van der Waals surface area (Å²) in [5.74, 6) is 0.326. The fourth-order valence-electron chi connectivity index (χ4n) is 4.20. The molecule has 31 heavy (non-hydrogen) atoms. The molecular formula is C21H26ClN5O3S. The number of pyridine rings is 1. The molecule has 1 aromatic heterocycles. The average Bonchev–Trinajstić information content (AvgIpc) is 3.32. The number of carbonyl (C=O) groups is 1. The zero-order valence-electron chi connectivity index (χ0n) is 17.2. The van der Waals surface area contributed by atoms with Crippen LogP contribution in [0.15, 0.2) is 47.5 Å². The number of nitrogens with zero attached hydrogens (tertiary/aromatic N) is 4. The topological polar surface area (TPSA) is 99.8 Å². The van der Waals surface area contributed by atoms with Crippen LogP contribution in [0.1, 0.15) is 24.4 Å². The van der Waals surface area contributed by atoms with E-state index in [1.165, 1.54) is 10.5 Å². The number of primary amides is 1. The van der Waals surface area contributed by atoms with Gasteiger partial charge >= 0.3 is 0 Å². The Morgan fingerprint density at radius 2 is 1.61 bits per heavy atom. The highest BCUT2D eigenvalue weighted by molar-refractivity contribution is 7.89. The number of piperazine rings is 1. The van der Waals surface area contributed by atoms with E-state index in [1.807, 2.05) is 17.0 Å². The van der Waals surface area contributed by atoms with E-state index in [-0.39, 0.29) is 4.90 Å². The van der Waals surface area contributed by atoms with Crippen LogP contribution >= 0.6 is 11.6 Å². The van der Waals surface area contributed by atoms with Gasteiger partial charge in [-0.25, -0.2) is 13.4 Å². The van der Waals surface area contributed by atoms with Crippen LogP contribution in [-0.4, -0.2) is 67.8 Å². The lowest BCUT2D eigenvalue weighted by atomic mass is 10.0. The van der Waals surface area contributed by atoms with Crippen LogP contribution in [0, 0.1) is 0 Å². The summed E-state index contributed by atoms with van der Waals surface area (Å²) in [5.41, 5.74) is 6.51. The Morgan fingerprint density at radius 3 is 2.16 bits per heavy atom. The van der Waals surface area contributed by atoms with Crippen molar-refractivity contribution >= 4 is 33.3 Å². The molecule has 166 valence electrons. The lowest BCUT2D eigenvalue weighted by Crippen LogP contribution is -2.50. The molecule has 1 amide bonds. The van der Waals surface area contributed by atoms with Crippen molar-refractivity contribution < 1.29 is 13.2 Å². The molecule has 8 nitrogen and oxygen atoms in total. The Morgan fingerprint density at radius 1 is 0.968 bits per heavy atom. The standard InChI is InChI=1S/C21H26ClN5O3S/c22-17-5-3-16(4-6-17)20(21(23)28)26-13-11-25(12-14-26)19-8-7-18(15-24-19)31(29,30)27-9-1-2-10-27/h3-8,15,20H,1-2,9-14H2,(H2,23,28)/t20-/m0/s1. The largest absolute Gasteiger partial charge is 0.368 e. The molecule has 0 bridgehead atoms. The monoisotopic (exact) mass is 463 g/mol. The first-order valence-electron chi connectivity index (χ1n) is 10.4. The molecule has 2 aliphatic rings. The summed E-state index contributed by atoms with van der Waals surface area (Å²) in [6, 6.07) is 10.0. The number of hydrogen-bond donors (Lipinski definition) is 1. The van der Waals surface area contributed by atoms with Crippen LogP contribution in [0.5, 0.6) is 0 Å². The zero-order chi connectivity index (χ0) is 22.0. The van der Waals surface area contributed by atoms with Crippen molar-refractivity contribution in [3.8, 4) is 0 Å². The maximum absolute atomic E-state index is 12.7. The van der Waals surface area contributed by atoms with Crippen molar-refractivity contribution in [2.24, 2.45) is 5.73 Å². The smallest absolute Gasteiger partial charge is 0.244 e. The van der Waals surface area contributed by atoms with Crippen molar-refractivity contribution in [2.75, 3.05) is 44.2 Å². The number of halogens is 1. The fraction of sp³-hybridized carbons (Fsp3) is 0.429. The average molecular weight is 464 g/mol. The van der Waals surface area contributed by atoms with Crippen molar-refractivity contribution in [3.63, 3.8) is 0 Å². The SMILES string of the molecule is NC(=O)[C@H](c1ccc(Cl)cc1)N1CCN(c2ccc(S(=O)(=O)N3CCCC3)cn2)CC1. The highest BCUT2D eigenvalue weighted by Crippen LogP contribution is 2.26. The van der Waals surface area contributed by atoms with E-state index in [9.17, 15) is 13.2 Å². The quantitative estimate of drug-likeness (QED) is 0.702. The third-order valence-electron chi connectivity index (χ3n) is 5.88. The molecule has 0 spiro atoms. The number of aromatic nitrogens is 1. The van der Waals surface area contributed by atoms with Crippen LogP contribution in [0.3, 0.4) is 0 Å². The second-order valence-electron chi connectivity index (χ2n) is 7.84. The molecule has 2 N–H and O–H groups in total. The predicted molar refractivity (Wildman–Crippen MR) is 119 cm³/mol. The maximum Gasteiger partial charge on any atom is 0.244 e. The van der Waals surface area contributed by atoms with Gasteiger partial charge in [0.25, 0.3) is 0 Å². The molecule has 2 aromatic rings. The third-order valence-corrected chi connectivity index (χ3v) is 8.02. The van der Waals surface area contributed by atoms with E-state index in [1.54, 1.807) is 24.3 Å². The molecule has 3 heterocycles. The van der Waals surface area contributed by atoms with Gasteiger partial charge in [-0.2, -0.15) is 4.31 Å². The van der Waals surface area contributed by atoms with Crippen LogP contribution in [0.2, 0.25) is 5.02 Å². The van der Waals surface area contributed by atoms with Crippen molar-refractivity contribution in [1.29, 1.82) is 0 Å². The second kappa shape index (κ2) is 9.12. The molecule has 2 saturated heterocycles. The van der Waals surface area contributed by atoms with Gasteiger partial charge in [0.1, 0.15) is 16.8 Å². The Hall–Kier alpha value is -2.20. The van der Waals surface area contributed by atoms with Gasteiger partial charge in [0.05, 0.1) is 0 Å². The summed E-state index contributed by atoms with van der Waals surface area (Å²) in [6.45, 7) is 3.71. The van der Waals surface area contributed by atoms with Crippen LogP contribution in [-0.2, 0) is 14.8 Å². The zero-order valence-corrected chi connectivity index (χ0v) is 18.7. The Kier molecular flexibility index (Phi) is 6.47. The van der Waals surface area contributed by atoms with Gasteiger partial charge in [-0.15, -0.1) is 0 Å². The molecule has 0 aliphatic carbocycles. The molecule has 4 rings (SSSR count). The minimum Gasteiger partial charge on any atom is -0.368 e. The summed E-state index contributed by atoms with van der Waals surface area (Å²) in [5, 5.41) is 0.609. The van der Waals surface area contributed by atoms with Gasteiger partial charge in [-0.05, 0) is 42.7 Å². The molecule has 0 radical (unpaired) electrons. The molecule has 1 atom stereocenters.